The lowest BCUT2D eigenvalue weighted by molar-refractivity contribution is -0.133. The fourth-order valence-electron chi connectivity index (χ4n) is 4.43. The summed E-state index contributed by atoms with van der Waals surface area (Å²) in [5.74, 6) is -0.311. The van der Waals surface area contributed by atoms with E-state index in [1.807, 2.05) is 5.38 Å². The van der Waals surface area contributed by atoms with Gasteiger partial charge >= 0.3 is 0 Å². The van der Waals surface area contributed by atoms with Crippen molar-refractivity contribution in [2.75, 3.05) is 13.1 Å². The molecule has 195 valence electrons. The van der Waals surface area contributed by atoms with Gasteiger partial charge < -0.3 is 9.74 Å². The van der Waals surface area contributed by atoms with Gasteiger partial charge in [-0.1, -0.05) is 28.9 Å². The van der Waals surface area contributed by atoms with E-state index in [0.29, 0.717) is 48.1 Å². The molecule has 0 spiro atoms. The van der Waals surface area contributed by atoms with Crippen LogP contribution in [-0.4, -0.2) is 44.4 Å². The number of nitrogens with zero attached hydrogens (tertiary/aromatic N) is 5. The molecule has 37 heavy (non-hydrogen) atoms. The first-order valence-corrected chi connectivity index (χ1v) is 12.8. The molecule has 0 saturated carbocycles. The Bertz CT molecular complexity index is 1310. The average Bonchev–Trinajstić information content (AvgIpc) is 3.64. The first-order valence-electron chi connectivity index (χ1n) is 11.6. The van der Waals surface area contributed by atoms with Crippen LogP contribution in [0.25, 0.3) is 0 Å². The molecule has 2 aliphatic rings. The molecule has 0 aliphatic carbocycles. The van der Waals surface area contributed by atoms with Crippen LogP contribution in [-0.2, 0) is 16.2 Å². The van der Waals surface area contributed by atoms with Crippen molar-refractivity contribution in [1.29, 1.82) is 0 Å². The Hall–Kier alpha value is -2.99. The topological polar surface area (TPSA) is 72.6 Å². The highest BCUT2D eigenvalue weighted by Crippen LogP contribution is 2.35. The summed E-state index contributed by atoms with van der Waals surface area (Å²) in [6, 6.07) is 9.09. The molecule has 1 atom stereocenters. The van der Waals surface area contributed by atoms with Gasteiger partial charge in [-0.2, -0.15) is 5.10 Å². The van der Waals surface area contributed by atoms with Crippen molar-refractivity contribution < 1.29 is 27.2 Å². The Labute approximate surface area is 218 Å². The van der Waals surface area contributed by atoms with E-state index in [-0.39, 0.29) is 12.0 Å². The number of hydrogen-bond donors (Lipinski definition) is 0. The van der Waals surface area contributed by atoms with E-state index in [1.54, 1.807) is 23.1 Å². The van der Waals surface area contributed by atoms with Gasteiger partial charge in [0, 0.05) is 41.4 Å². The van der Waals surface area contributed by atoms with Gasteiger partial charge in [-0.05, 0) is 31.0 Å². The van der Waals surface area contributed by atoms with Crippen molar-refractivity contribution in [3.63, 3.8) is 0 Å². The van der Waals surface area contributed by atoms with Crippen molar-refractivity contribution in [3.8, 4) is 0 Å². The molecule has 4 heterocycles. The molecule has 13 heteroatoms. The van der Waals surface area contributed by atoms with E-state index in [1.165, 1.54) is 11.3 Å². The van der Waals surface area contributed by atoms with E-state index in [0.717, 1.165) is 22.0 Å². The van der Waals surface area contributed by atoms with Gasteiger partial charge in [-0.25, -0.2) is 22.5 Å². The van der Waals surface area contributed by atoms with E-state index >= 15 is 0 Å². The number of hydrogen-bond acceptors (Lipinski definition) is 6. The van der Waals surface area contributed by atoms with Gasteiger partial charge in [-0.15, -0.1) is 11.3 Å². The van der Waals surface area contributed by atoms with Crippen LogP contribution in [0.2, 0.25) is 5.02 Å². The quantitative estimate of drug-likeness (QED) is 0.339. The zero-order valence-corrected chi connectivity index (χ0v) is 20.9. The van der Waals surface area contributed by atoms with Crippen LogP contribution in [0.4, 0.5) is 17.6 Å². The summed E-state index contributed by atoms with van der Waals surface area (Å²) >= 11 is 7.76. The number of halogens is 5. The Balaban J connectivity index is 1.17. The zero-order valence-electron chi connectivity index (χ0n) is 19.3. The van der Waals surface area contributed by atoms with Crippen LogP contribution in [0.1, 0.15) is 71.8 Å². The number of alkyl halides is 4. The Morgan fingerprint density at radius 2 is 2.03 bits per heavy atom. The van der Waals surface area contributed by atoms with Crippen LogP contribution in [0, 0.1) is 6.07 Å². The highest BCUT2D eigenvalue weighted by Gasteiger charge is 2.30. The second-order valence-corrected chi connectivity index (χ2v) is 10.0. The Morgan fingerprint density at radius 1 is 1.24 bits per heavy atom. The molecule has 1 aromatic carbocycles. The number of thiazole rings is 1. The maximum Gasteiger partial charge on any atom is 0.282 e. The normalized spacial score (nSPS) is 18.5. The number of rotatable bonds is 7. The molecular weight excluding hydrogens is 534 g/mol. The maximum absolute atomic E-state index is 13.2. The van der Waals surface area contributed by atoms with Crippen LogP contribution >= 0.6 is 22.9 Å². The summed E-state index contributed by atoms with van der Waals surface area (Å²) in [6.07, 6.45) is -4.51. The summed E-state index contributed by atoms with van der Waals surface area (Å²) < 4.78 is 52.9. The monoisotopic (exact) mass is 554 g/mol. The predicted octanol–water partition coefficient (Wildman–Crippen LogP) is 5.94. The minimum absolute atomic E-state index is 0.130. The molecule has 0 bridgehead atoms. The molecule has 2 aromatic heterocycles. The minimum Gasteiger partial charge on any atom is -0.387 e. The number of benzene rings is 1. The number of amides is 1. The minimum atomic E-state index is -3.01. The van der Waals surface area contributed by atoms with Gasteiger partial charge in [0.25, 0.3) is 12.9 Å². The molecule has 1 amide bonds. The third kappa shape index (κ3) is 5.49. The third-order valence-corrected chi connectivity index (χ3v) is 7.74. The molecule has 7 nitrogen and oxygen atoms in total. The van der Waals surface area contributed by atoms with Crippen molar-refractivity contribution in [1.82, 2.24) is 19.7 Å². The smallest absolute Gasteiger partial charge is 0.282 e. The molecule has 2 aliphatic heterocycles. The molecule has 5 rings (SSSR count). The zero-order chi connectivity index (χ0) is 26.1. The third-order valence-electron chi connectivity index (χ3n) is 6.40. The second kappa shape index (κ2) is 10.8. The largest absolute Gasteiger partial charge is 0.387 e. The molecule has 0 N–H and O–H groups in total. The fourth-order valence-corrected chi connectivity index (χ4v) is 5.68. The second-order valence-electron chi connectivity index (χ2n) is 8.75. The highest BCUT2D eigenvalue weighted by molar-refractivity contribution is 7.10. The fraction of sp³-hybridized carbons (Fsp3) is 0.417. The lowest BCUT2D eigenvalue weighted by Crippen LogP contribution is -2.40. The SMILES string of the molecule is O=C(Cn1nc(C(F)F)cc1C(F)F)N1CCC(c2nc(C3=NOC(c4[c]cccc4Cl)C3)cs2)CC1. The molecule has 1 fully saturated rings. The number of piperidine rings is 1. The Morgan fingerprint density at radius 3 is 2.73 bits per heavy atom. The van der Waals surface area contributed by atoms with E-state index < -0.39 is 36.7 Å². The van der Waals surface area contributed by atoms with Crippen molar-refractivity contribution in [3.05, 3.63) is 68.4 Å². The number of likely N-dealkylation sites (tertiary alicyclic amines) is 1. The highest BCUT2D eigenvalue weighted by atomic mass is 35.5. The summed E-state index contributed by atoms with van der Waals surface area (Å²) in [6.45, 7) is 0.294. The predicted molar refractivity (Wildman–Crippen MR) is 128 cm³/mol. The standard InChI is InChI=1S/C24H21ClF4N5O2S/c25-15-4-2-1-3-14(15)20-10-16(32-36-20)18-12-37-24(30-18)13-5-7-33(8-6-13)21(35)11-34-19(23(28)29)9-17(31-34)22(26)27/h1-2,4,9,12-13,20,22-23H,5-8,10-11H2. The molecular formula is C24H21ClF4N5O2S. The maximum atomic E-state index is 13.2. The van der Waals surface area contributed by atoms with E-state index in [4.69, 9.17) is 21.4 Å². The van der Waals surface area contributed by atoms with Gasteiger partial charge in [0.2, 0.25) is 5.91 Å². The summed E-state index contributed by atoms with van der Waals surface area (Å²) in [7, 11) is 0. The molecule has 1 saturated heterocycles. The number of carbonyl (C=O) groups is 1. The van der Waals surface area contributed by atoms with Crippen molar-refractivity contribution in [2.24, 2.45) is 5.16 Å². The lowest BCUT2D eigenvalue weighted by atomic mass is 9.97. The van der Waals surface area contributed by atoms with Crippen molar-refractivity contribution in [2.45, 2.75) is 50.7 Å². The van der Waals surface area contributed by atoms with Crippen molar-refractivity contribution >= 4 is 34.6 Å². The number of aromatic nitrogens is 3. The first kappa shape index (κ1) is 25.7. The number of oxime groups is 1. The molecule has 3 aromatic rings. The first-order chi connectivity index (χ1) is 17.8. The summed E-state index contributed by atoms with van der Waals surface area (Å²) in [4.78, 5) is 24.6. The summed E-state index contributed by atoms with van der Waals surface area (Å²) in [5, 5.41) is 11.1. The molecule has 1 unspecified atom stereocenters. The van der Waals surface area contributed by atoms with Crippen LogP contribution in [0.3, 0.4) is 0 Å². The van der Waals surface area contributed by atoms with Gasteiger partial charge in [0.05, 0.1) is 10.7 Å². The van der Waals surface area contributed by atoms with Crippen LogP contribution < -0.4 is 0 Å². The number of carbonyl (C=O) groups excluding carboxylic acids is 1. The van der Waals surface area contributed by atoms with Crippen LogP contribution in [0.5, 0.6) is 0 Å². The van der Waals surface area contributed by atoms with E-state index in [2.05, 4.69) is 16.3 Å². The van der Waals surface area contributed by atoms with Gasteiger partial charge in [-0.3, -0.25) is 9.48 Å². The summed E-state index contributed by atoms with van der Waals surface area (Å²) in [5.41, 5.74) is 0.751. The average molecular weight is 555 g/mol. The molecule has 1 radical (unpaired) electrons. The van der Waals surface area contributed by atoms with Gasteiger partial charge in [0.15, 0.2) is 6.10 Å². The van der Waals surface area contributed by atoms with Crippen LogP contribution in [0.15, 0.2) is 34.8 Å². The Kier molecular flexibility index (Phi) is 7.47. The van der Waals surface area contributed by atoms with Gasteiger partial charge in [0.1, 0.15) is 23.6 Å². The van der Waals surface area contributed by atoms with E-state index in [9.17, 15) is 22.4 Å². The lowest BCUT2D eigenvalue weighted by Gasteiger charge is -2.31.